The number of carbonyl (C=O) groups excluding carboxylic acids is 1. The third-order valence-corrected chi connectivity index (χ3v) is 3.97. The van der Waals surface area contributed by atoms with Crippen molar-refractivity contribution in [3.63, 3.8) is 0 Å². The lowest BCUT2D eigenvalue weighted by atomic mass is 10.1. The fourth-order valence-corrected chi connectivity index (χ4v) is 2.91. The van der Waals surface area contributed by atoms with Gasteiger partial charge in [-0.2, -0.15) is 0 Å². The van der Waals surface area contributed by atoms with E-state index >= 15 is 0 Å². The number of fused-ring (bicyclic) bond motifs is 1. The van der Waals surface area contributed by atoms with Crippen LogP contribution in [-0.4, -0.2) is 43.7 Å². The lowest BCUT2D eigenvalue weighted by molar-refractivity contribution is 0.0527. The SMILES string of the molecule is CCOC(=O)c1cnc2cc(Cl)ccc2c1N1CCNCC1. The molecule has 0 amide bonds. The number of nitrogens with one attached hydrogen (secondary N) is 1. The Morgan fingerprint density at radius 3 is 2.91 bits per heavy atom. The highest BCUT2D eigenvalue weighted by molar-refractivity contribution is 6.31. The number of halogens is 1. The van der Waals surface area contributed by atoms with Gasteiger partial charge in [-0.15, -0.1) is 0 Å². The first-order valence-corrected chi connectivity index (χ1v) is 7.79. The number of rotatable bonds is 3. The summed E-state index contributed by atoms with van der Waals surface area (Å²) in [7, 11) is 0. The van der Waals surface area contributed by atoms with Gasteiger partial charge in [0.1, 0.15) is 5.56 Å². The number of hydrogen-bond acceptors (Lipinski definition) is 5. The number of esters is 1. The quantitative estimate of drug-likeness (QED) is 0.881. The van der Waals surface area contributed by atoms with Crippen molar-refractivity contribution in [1.29, 1.82) is 0 Å². The van der Waals surface area contributed by atoms with Crippen LogP contribution in [0.2, 0.25) is 5.02 Å². The molecule has 2 aromatic rings. The second kappa shape index (κ2) is 6.50. The van der Waals surface area contributed by atoms with Gasteiger partial charge in [0.2, 0.25) is 0 Å². The van der Waals surface area contributed by atoms with Gasteiger partial charge in [-0.25, -0.2) is 4.79 Å². The molecule has 1 aromatic heterocycles. The van der Waals surface area contributed by atoms with Crippen LogP contribution in [0.5, 0.6) is 0 Å². The van der Waals surface area contributed by atoms with Gasteiger partial charge in [0.25, 0.3) is 0 Å². The molecular formula is C16H18ClN3O2. The Morgan fingerprint density at radius 2 is 2.18 bits per heavy atom. The second-order valence-corrected chi connectivity index (χ2v) is 5.58. The lowest BCUT2D eigenvalue weighted by Crippen LogP contribution is -2.44. The van der Waals surface area contributed by atoms with E-state index in [0.717, 1.165) is 42.8 Å². The van der Waals surface area contributed by atoms with Gasteiger partial charge in [-0.3, -0.25) is 4.98 Å². The molecule has 22 heavy (non-hydrogen) atoms. The van der Waals surface area contributed by atoms with Gasteiger partial charge in [0.05, 0.1) is 17.8 Å². The Bertz CT molecular complexity index is 699. The second-order valence-electron chi connectivity index (χ2n) is 5.14. The summed E-state index contributed by atoms with van der Waals surface area (Å²) >= 11 is 6.05. The van der Waals surface area contributed by atoms with E-state index in [1.54, 1.807) is 13.1 Å². The molecule has 2 heterocycles. The van der Waals surface area contributed by atoms with Crippen LogP contribution in [0.4, 0.5) is 5.69 Å². The van der Waals surface area contributed by atoms with E-state index in [0.29, 0.717) is 17.2 Å². The molecule has 3 rings (SSSR count). The summed E-state index contributed by atoms with van der Waals surface area (Å²) in [6.07, 6.45) is 1.59. The van der Waals surface area contributed by atoms with Crippen LogP contribution in [-0.2, 0) is 4.74 Å². The van der Waals surface area contributed by atoms with E-state index in [4.69, 9.17) is 16.3 Å². The Morgan fingerprint density at radius 1 is 1.41 bits per heavy atom. The maximum Gasteiger partial charge on any atom is 0.341 e. The zero-order chi connectivity index (χ0) is 15.5. The Kier molecular flexibility index (Phi) is 4.45. The number of nitrogens with zero attached hydrogens (tertiary/aromatic N) is 2. The van der Waals surface area contributed by atoms with E-state index in [-0.39, 0.29) is 5.97 Å². The largest absolute Gasteiger partial charge is 0.462 e. The molecule has 0 saturated carbocycles. The van der Waals surface area contributed by atoms with Crippen molar-refractivity contribution in [2.45, 2.75) is 6.92 Å². The van der Waals surface area contributed by atoms with Crippen LogP contribution < -0.4 is 10.2 Å². The maximum atomic E-state index is 12.3. The minimum absolute atomic E-state index is 0.333. The third-order valence-electron chi connectivity index (χ3n) is 3.73. The van der Waals surface area contributed by atoms with Gasteiger partial charge in [-0.1, -0.05) is 11.6 Å². The molecule has 1 aliphatic rings. The summed E-state index contributed by atoms with van der Waals surface area (Å²) < 4.78 is 5.18. The van der Waals surface area contributed by atoms with E-state index in [2.05, 4.69) is 15.2 Å². The zero-order valence-corrected chi connectivity index (χ0v) is 13.2. The van der Waals surface area contributed by atoms with Gasteiger partial charge in [0.15, 0.2) is 0 Å². The van der Waals surface area contributed by atoms with Crippen LogP contribution in [0.1, 0.15) is 17.3 Å². The summed E-state index contributed by atoms with van der Waals surface area (Å²) in [5, 5.41) is 4.88. The van der Waals surface area contributed by atoms with E-state index in [1.807, 2.05) is 18.2 Å². The summed E-state index contributed by atoms with van der Waals surface area (Å²) in [6.45, 7) is 5.61. The topological polar surface area (TPSA) is 54.5 Å². The van der Waals surface area contributed by atoms with Gasteiger partial charge in [-0.05, 0) is 25.1 Å². The predicted molar refractivity (Wildman–Crippen MR) is 87.8 cm³/mol. The van der Waals surface area contributed by atoms with Crippen molar-refractivity contribution >= 4 is 34.2 Å². The molecule has 6 heteroatoms. The van der Waals surface area contributed by atoms with Crippen molar-refractivity contribution in [2.75, 3.05) is 37.7 Å². The molecule has 1 aromatic carbocycles. The fraction of sp³-hybridized carbons (Fsp3) is 0.375. The number of pyridine rings is 1. The molecular weight excluding hydrogens is 302 g/mol. The average Bonchev–Trinajstić information content (AvgIpc) is 2.54. The van der Waals surface area contributed by atoms with Gasteiger partial charge < -0.3 is 15.0 Å². The van der Waals surface area contributed by atoms with Gasteiger partial charge >= 0.3 is 5.97 Å². The summed E-state index contributed by atoms with van der Waals surface area (Å²) in [4.78, 5) is 18.9. The molecule has 0 aliphatic carbocycles. The van der Waals surface area contributed by atoms with E-state index in [1.165, 1.54) is 0 Å². The lowest BCUT2D eigenvalue weighted by Gasteiger charge is -2.31. The highest BCUT2D eigenvalue weighted by Gasteiger charge is 2.22. The Balaban J connectivity index is 2.16. The third kappa shape index (κ3) is 2.87. The number of benzene rings is 1. The highest BCUT2D eigenvalue weighted by Crippen LogP contribution is 2.32. The molecule has 0 spiro atoms. The first kappa shape index (κ1) is 15.1. The molecule has 0 bridgehead atoms. The van der Waals surface area contributed by atoms with Gasteiger partial charge in [0, 0.05) is 42.8 Å². The smallest absolute Gasteiger partial charge is 0.341 e. The fourth-order valence-electron chi connectivity index (χ4n) is 2.74. The zero-order valence-electron chi connectivity index (χ0n) is 12.4. The normalized spacial score (nSPS) is 15.1. The molecule has 5 nitrogen and oxygen atoms in total. The van der Waals surface area contributed by atoms with E-state index < -0.39 is 0 Å². The monoisotopic (exact) mass is 319 g/mol. The number of piperazine rings is 1. The Hall–Kier alpha value is -1.85. The number of ether oxygens (including phenoxy) is 1. The molecule has 0 radical (unpaired) electrons. The molecule has 1 saturated heterocycles. The van der Waals surface area contributed by atoms with Crippen LogP contribution in [0.15, 0.2) is 24.4 Å². The Labute approximate surface area is 134 Å². The van der Waals surface area contributed by atoms with Crippen LogP contribution >= 0.6 is 11.6 Å². The summed E-state index contributed by atoms with van der Waals surface area (Å²) in [5.74, 6) is -0.333. The maximum absolute atomic E-state index is 12.3. The average molecular weight is 320 g/mol. The number of carbonyl (C=O) groups is 1. The van der Waals surface area contributed by atoms with E-state index in [9.17, 15) is 4.79 Å². The first-order valence-electron chi connectivity index (χ1n) is 7.41. The predicted octanol–water partition coefficient (Wildman–Crippen LogP) is 2.47. The minimum Gasteiger partial charge on any atom is -0.462 e. The van der Waals surface area contributed by atoms with Crippen molar-refractivity contribution < 1.29 is 9.53 Å². The molecule has 116 valence electrons. The van der Waals surface area contributed by atoms with Crippen LogP contribution in [0, 0.1) is 0 Å². The highest BCUT2D eigenvalue weighted by atomic mass is 35.5. The molecule has 1 fully saturated rings. The van der Waals surface area contributed by atoms with Crippen molar-refractivity contribution in [3.05, 3.63) is 35.0 Å². The number of hydrogen-bond donors (Lipinski definition) is 1. The van der Waals surface area contributed by atoms with Crippen LogP contribution in [0.25, 0.3) is 10.9 Å². The molecule has 0 unspecified atom stereocenters. The molecule has 0 atom stereocenters. The molecule has 1 aliphatic heterocycles. The van der Waals surface area contributed by atoms with Crippen molar-refractivity contribution in [3.8, 4) is 0 Å². The van der Waals surface area contributed by atoms with Crippen molar-refractivity contribution in [1.82, 2.24) is 10.3 Å². The number of anilines is 1. The summed E-state index contributed by atoms with van der Waals surface area (Å²) in [5.41, 5.74) is 2.19. The minimum atomic E-state index is -0.333. The van der Waals surface area contributed by atoms with Crippen molar-refractivity contribution in [2.24, 2.45) is 0 Å². The standard InChI is InChI=1S/C16H18ClN3O2/c1-2-22-16(21)13-10-19-14-9-11(17)3-4-12(14)15(13)20-7-5-18-6-8-20/h3-4,9-10,18H,2,5-8H2,1H3. The first-order chi connectivity index (χ1) is 10.7. The van der Waals surface area contributed by atoms with Crippen LogP contribution in [0.3, 0.4) is 0 Å². The number of aromatic nitrogens is 1. The summed E-state index contributed by atoms with van der Waals surface area (Å²) in [6, 6.07) is 5.56. The molecule has 1 N–H and O–H groups in total.